The number of hydrogen-bond donors (Lipinski definition) is 3. The van der Waals surface area contributed by atoms with E-state index in [0.29, 0.717) is 5.56 Å². The fourth-order valence-corrected chi connectivity index (χ4v) is 3.42. The van der Waals surface area contributed by atoms with Crippen molar-refractivity contribution in [3.63, 3.8) is 0 Å². The number of rotatable bonds is 2. The molecule has 0 aromatic heterocycles. The van der Waals surface area contributed by atoms with E-state index < -0.39 is 15.6 Å². The molecule has 0 spiro atoms. The lowest BCUT2D eigenvalue weighted by atomic mass is 10.2. The van der Waals surface area contributed by atoms with Crippen molar-refractivity contribution in [2.45, 2.75) is 16.7 Å². The van der Waals surface area contributed by atoms with Gasteiger partial charge in [0.15, 0.2) is 11.5 Å². The first-order valence-electron chi connectivity index (χ1n) is 5.56. The van der Waals surface area contributed by atoms with Gasteiger partial charge in [-0.1, -0.05) is 11.6 Å². The molecule has 0 amide bonds. The molecule has 5 nitrogen and oxygen atoms in total. The largest absolute Gasteiger partial charge is 0.504 e. The minimum Gasteiger partial charge on any atom is -0.504 e. The third-order valence-corrected chi connectivity index (χ3v) is 5.08. The maximum absolute atomic E-state index is 12.5. The Bertz CT molecular complexity index is 787. The average Bonchev–Trinajstić information content (AvgIpc) is 2.36. The molecule has 4 N–H and O–H groups in total. The predicted molar refractivity (Wildman–Crippen MR) is 75.8 cm³/mol. The first-order valence-corrected chi connectivity index (χ1v) is 7.42. The third-order valence-electron chi connectivity index (χ3n) is 2.84. The van der Waals surface area contributed by atoms with E-state index >= 15 is 0 Å². The van der Waals surface area contributed by atoms with Gasteiger partial charge in [-0.15, -0.1) is 0 Å². The van der Waals surface area contributed by atoms with Crippen molar-refractivity contribution < 1.29 is 18.6 Å². The summed E-state index contributed by atoms with van der Waals surface area (Å²) in [7, 11) is -3.86. The Morgan fingerprint density at radius 2 is 1.70 bits per heavy atom. The zero-order valence-corrected chi connectivity index (χ0v) is 12.0. The van der Waals surface area contributed by atoms with Crippen molar-refractivity contribution in [2.24, 2.45) is 0 Å². The number of phenols is 2. The Morgan fingerprint density at radius 3 is 2.30 bits per heavy atom. The van der Waals surface area contributed by atoms with Crippen LogP contribution in [0.5, 0.6) is 11.5 Å². The van der Waals surface area contributed by atoms with Crippen LogP contribution >= 0.6 is 11.6 Å². The minimum atomic E-state index is -3.86. The van der Waals surface area contributed by atoms with Crippen molar-refractivity contribution in [2.75, 3.05) is 5.73 Å². The molecular formula is C13H12ClNO4S. The van der Waals surface area contributed by atoms with Crippen molar-refractivity contribution in [1.29, 1.82) is 0 Å². The maximum Gasteiger partial charge on any atom is 0.207 e. The molecule has 0 unspecified atom stereocenters. The van der Waals surface area contributed by atoms with Crippen LogP contribution in [0, 0.1) is 6.92 Å². The molecule has 0 aliphatic carbocycles. The van der Waals surface area contributed by atoms with Crippen molar-refractivity contribution in [3.05, 3.63) is 40.9 Å². The number of nitrogens with two attached hydrogens (primary N) is 1. The maximum atomic E-state index is 12.5. The summed E-state index contributed by atoms with van der Waals surface area (Å²) in [5, 5.41) is 19.1. The van der Waals surface area contributed by atoms with E-state index in [2.05, 4.69) is 0 Å². The second kappa shape index (κ2) is 4.88. The molecule has 0 bridgehead atoms. The zero-order chi connectivity index (χ0) is 15.1. The Hall–Kier alpha value is -1.92. The summed E-state index contributed by atoms with van der Waals surface area (Å²) in [4.78, 5) is -0.137. The van der Waals surface area contributed by atoms with Crippen LogP contribution in [0.1, 0.15) is 5.56 Å². The van der Waals surface area contributed by atoms with Gasteiger partial charge >= 0.3 is 0 Å². The quantitative estimate of drug-likeness (QED) is 0.584. The van der Waals surface area contributed by atoms with Crippen LogP contribution < -0.4 is 5.73 Å². The van der Waals surface area contributed by atoms with Gasteiger partial charge in [0.05, 0.1) is 20.5 Å². The first-order chi connectivity index (χ1) is 9.23. The number of anilines is 1. The molecule has 0 saturated heterocycles. The molecule has 2 rings (SSSR count). The summed E-state index contributed by atoms with van der Waals surface area (Å²) in [5.74, 6) is -0.881. The van der Waals surface area contributed by atoms with E-state index in [1.165, 1.54) is 31.2 Å². The normalized spacial score (nSPS) is 11.5. The Morgan fingerprint density at radius 1 is 1.10 bits per heavy atom. The molecule has 0 atom stereocenters. The number of phenolic OH excluding ortho intramolecular Hbond substituents is 2. The number of aryl methyl sites for hydroxylation is 1. The molecular weight excluding hydrogens is 302 g/mol. The van der Waals surface area contributed by atoms with Gasteiger partial charge in [0, 0.05) is 6.07 Å². The van der Waals surface area contributed by atoms with E-state index in [9.17, 15) is 18.6 Å². The molecule has 7 heteroatoms. The highest BCUT2D eigenvalue weighted by molar-refractivity contribution is 7.91. The van der Waals surface area contributed by atoms with Crippen molar-refractivity contribution in [1.82, 2.24) is 0 Å². The van der Waals surface area contributed by atoms with Crippen LogP contribution in [0.4, 0.5) is 5.69 Å². The van der Waals surface area contributed by atoms with Gasteiger partial charge in [-0.05, 0) is 36.8 Å². The molecule has 2 aromatic rings. The van der Waals surface area contributed by atoms with Crippen LogP contribution in [0.25, 0.3) is 0 Å². The van der Waals surface area contributed by atoms with Crippen molar-refractivity contribution in [3.8, 4) is 11.5 Å². The summed E-state index contributed by atoms with van der Waals surface area (Å²) < 4.78 is 25.0. The number of sulfone groups is 1. The summed E-state index contributed by atoms with van der Waals surface area (Å²) in [5.41, 5.74) is 6.06. The third kappa shape index (κ3) is 2.39. The summed E-state index contributed by atoms with van der Waals surface area (Å²) in [6.45, 7) is 1.52. The second-order valence-electron chi connectivity index (χ2n) is 4.29. The SMILES string of the molecule is Cc1cc(O)c(O)cc1S(=O)(=O)c1ccc(Cl)c(N)c1. The van der Waals surface area contributed by atoms with Gasteiger partial charge in [-0.3, -0.25) is 0 Å². The zero-order valence-electron chi connectivity index (χ0n) is 10.5. The van der Waals surface area contributed by atoms with Gasteiger partial charge in [-0.25, -0.2) is 8.42 Å². The smallest absolute Gasteiger partial charge is 0.207 e. The number of nitrogen functional groups attached to an aromatic ring is 1. The Labute approximate surface area is 121 Å². The average molecular weight is 314 g/mol. The molecule has 0 aliphatic rings. The highest BCUT2D eigenvalue weighted by Gasteiger charge is 2.22. The van der Waals surface area contributed by atoms with Crippen LogP contribution in [-0.2, 0) is 9.84 Å². The highest BCUT2D eigenvalue weighted by atomic mass is 35.5. The topological polar surface area (TPSA) is 101 Å². The Kier molecular flexibility index (Phi) is 3.54. The van der Waals surface area contributed by atoms with Gasteiger partial charge in [-0.2, -0.15) is 0 Å². The van der Waals surface area contributed by atoms with Gasteiger partial charge in [0.1, 0.15) is 0 Å². The van der Waals surface area contributed by atoms with Crippen molar-refractivity contribution >= 4 is 27.1 Å². The summed E-state index contributed by atoms with van der Waals surface area (Å²) in [6.07, 6.45) is 0. The van der Waals surface area contributed by atoms with Crippen LogP contribution in [-0.4, -0.2) is 18.6 Å². The van der Waals surface area contributed by atoms with E-state index in [1.54, 1.807) is 0 Å². The summed E-state index contributed by atoms with van der Waals surface area (Å²) in [6, 6.07) is 6.16. The molecule has 20 heavy (non-hydrogen) atoms. The van der Waals surface area contributed by atoms with E-state index in [4.69, 9.17) is 17.3 Å². The van der Waals surface area contributed by atoms with Gasteiger partial charge in [0.2, 0.25) is 9.84 Å². The number of hydrogen-bond acceptors (Lipinski definition) is 5. The van der Waals surface area contributed by atoms with E-state index in [1.807, 2.05) is 0 Å². The lowest BCUT2D eigenvalue weighted by molar-refractivity contribution is 0.401. The highest BCUT2D eigenvalue weighted by Crippen LogP contribution is 2.34. The summed E-state index contributed by atoms with van der Waals surface area (Å²) >= 11 is 5.76. The number of benzene rings is 2. The lowest BCUT2D eigenvalue weighted by Gasteiger charge is -2.10. The molecule has 2 aromatic carbocycles. The molecule has 0 fully saturated rings. The Balaban J connectivity index is 2.66. The standard InChI is InChI=1S/C13H12ClNO4S/c1-7-4-11(16)12(17)6-13(7)20(18,19)8-2-3-9(14)10(15)5-8/h2-6,16-17H,15H2,1H3. The molecule has 0 saturated carbocycles. The first kappa shape index (κ1) is 14.5. The number of halogens is 1. The van der Waals surface area contributed by atoms with E-state index in [0.717, 1.165) is 6.07 Å². The monoisotopic (exact) mass is 313 g/mol. The predicted octanol–water partition coefficient (Wildman–Crippen LogP) is 2.47. The van der Waals surface area contributed by atoms with Crippen LogP contribution in [0.3, 0.4) is 0 Å². The second-order valence-corrected chi connectivity index (χ2v) is 6.62. The van der Waals surface area contributed by atoms with E-state index in [-0.39, 0.29) is 26.3 Å². The van der Waals surface area contributed by atoms with Crippen LogP contribution in [0.15, 0.2) is 40.1 Å². The van der Waals surface area contributed by atoms with Crippen LogP contribution in [0.2, 0.25) is 5.02 Å². The molecule has 0 heterocycles. The minimum absolute atomic E-state index is 0.0346. The molecule has 0 aliphatic heterocycles. The fraction of sp³-hybridized carbons (Fsp3) is 0.0769. The molecule has 106 valence electrons. The van der Waals surface area contributed by atoms with Gasteiger partial charge in [0.25, 0.3) is 0 Å². The number of aromatic hydroxyl groups is 2. The molecule has 0 radical (unpaired) electrons. The lowest BCUT2D eigenvalue weighted by Crippen LogP contribution is -2.05. The van der Waals surface area contributed by atoms with Gasteiger partial charge < -0.3 is 15.9 Å². The fourth-order valence-electron chi connectivity index (χ4n) is 1.77.